The SMILES string of the molecule is COc1ccccc1NC(=O)c1ccc(NC(=O)C[NH+]2C[C@H](C)C[C@H](C)C2)cc1. The minimum absolute atomic E-state index is 0.00697. The van der Waals surface area contributed by atoms with Crippen molar-refractivity contribution in [3.05, 3.63) is 54.1 Å². The molecule has 3 atom stereocenters. The van der Waals surface area contributed by atoms with Gasteiger partial charge in [-0.25, -0.2) is 0 Å². The Morgan fingerprint density at radius 3 is 2.31 bits per heavy atom. The van der Waals surface area contributed by atoms with Gasteiger partial charge in [-0.2, -0.15) is 0 Å². The van der Waals surface area contributed by atoms with Gasteiger partial charge in [0.2, 0.25) is 0 Å². The molecule has 1 saturated heterocycles. The second-order valence-electron chi connectivity index (χ2n) is 8.06. The number of anilines is 2. The largest absolute Gasteiger partial charge is 0.495 e. The maximum Gasteiger partial charge on any atom is 0.279 e. The molecule has 2 aromatic rings. The highest BCUT2D eigenvalue weighted by molar-refractivity contribution is 6.05. The van der Waals surface area contributed by atoms with E-state index in [0.29, 0.717) is 41.1 Å². The highest BCUT2D eigenvalue weighted by Gasteiger charge is 2.26. The summed E-state index contributed by atoms with van der Waals surface area (Å²) in [6.45, 7) is 7.06. The van der Waals surface area contributed by atoms with Gasteiger partial charge in [0.05, 0.1) is 25.9 Å². The Kier molecular flexibility index (Phi) is 6.88. The van der Waals surface area contributed by atoms with Crippen LogP contribution in [0.4, 0.5) is 11.4 Å². The molecule has 6 nitrogen and oxygen atoms in total. The molecule has 3 N–H and O–H groups in total. The van der Waals surface area contributed by atoms with Gasteiger partial charge in [0.1, 0.15) is 5.75 Å². The fraction of sp³-hybridized carbons (Fsp3) is 0.391. The molecule has 154 valence electrons. The van der Waals surface area contributed by atoms with Gasteiger partial charge >= 0.3 is 0 Å². The van der Waals surface area contributed by atoms with E-state index in [-0.39, 0.29) is 11.8 Å². The van der Waals surface area contributed by atoms with Gasteiger partial charge < -0.3 is 20.3 Å². The van der Waals surface area contributed by atoms with Crippen molar-refractivity contribution in [1.82, 2.24) is 0 Å². The van der Waals surface area contributed by atoms with Crippen LogP contribution in [0.25, 0.3) is 0 Å². The number of methoxy groups -OCH3 is 1. The first-order valence-corrected chi connectivity index (χ1v) is 10.1. The third-order valence-corrected chi connectivity index (χ3v) is 5.28. The summed E-state index contributed by atoms with van der Waals surface area (Å²) < 4.78 is 5.26. The molecular weight excluding hydrogens is 366 g/mol. The van der Waals surface area contributed by atoms with Crippen LogP contribution in [0.15, 0.2) is 48.5 Å². The number of rotatable bonds is 6. The number of quaternary nitrogens is 1. The van der Waals surface area contributed by atoms with E-state index in [9.17, 15) is 9.59 Å². The Morgan fingerprint density at radius 2 is 1.66 bits per heavy atom. The summed E-state index contributed by atoms with van der Waals surface area (Å²) in [6.07, 6.45) is 1.24. The minimum atomic E-state index is -0.229. The lowest BCUT2D eigenvalue weighted by atomic mass is 9.92. The van der Waals surface area contributed by atoms with Gasteiger partial charge in [0.15, 0.2) is 6.54 Å². The van der Waals surface area contributed by atoms with Gasteiger partial charge in [-0.15, -0.1) is 0 Å². The average Bonchev–Trinajstić information content (AvgIpc) is 2.68. The number of benzene rings is 2. The normalized spacial score (nSPS) is 21.3. The molecule has 1 unspecified atom stereocenters. The summed E-state index contributed by atoms with van der Waals surface area (Å²) in [5.41, 5.74) is 1.82. The Bertz CT molecular complexity index is 841. The first-order valence-electron chi connectivity index (χ1n) is 10.1. The first kappa shape index (κ1) is 20.9. The number of carbonyl (C=O) groups is 2. The number of likely N-dealkylation sites (tertiary alicyclic amines) is 1. The average molecular weight is 397 g/mol. The van der Waals surface area contributed by atoms with E-state index in [0.717, 1.165) is 13.1 Å². The van der Waals surface area contributed by atoms with Crippen LogP contribution in [-0.4, -0.2) is 38.6 Å². The van der Waals surface area contributed by atoms with Crippen LogP contribution in [0.3, 0.4) is 0 Å². The van der Waals surface area contributed by atoms with Crippen molar-refractivity contribution < 1.29 is 19.2 Å². The number of para-hydroxylation sites is 2. The van der Waals surface area contributed by atoms with Crippen LogP contribution in [0, 0.1) is 11.8 Å². The molecule has 0 aliphatic carbocycles. The maximum absolute atomic E-state index is 12.5. The number of hydrogen-bond donors (Lipinski definition) is 3. The van der Waals surface area contributed by atoms with E-state index >= 15 is 0 Å². The number of hydrogen-bond acceptors (Lipinski definition) is 3. The summed E-state index contributed by atoms with van der Waals surface area (Å²) in [7, 11) is 1.56. The van der Waals surface area contributed by atoms with E-state index in [4.69, 9.17) is 4.74 Å². The number of ether oxygens (including phenoxy) is 1. The van der Waals surface area contributed by atoms with Gasteiger partial charge in [-0.3, -0.25) is 9.59 Å². The number of carbonyl (C=O) groups excluding carboxylic acids is 2. The zero-order valence-electron chi connectivity index (χ0n) is 17.3. The molecule has 0 spiro atoms. The van der Waals surface area contributed by atoms with Gasteiger partial charge in [0.25, 0.3) is 11.8 Å². The highest BCUT2D eigenvalue weighted by atomic mass is 16.5. The van der Waals surface area contributed by atoms with Crippen LogP contribution < -0.4 is 20.3 Å². The zero-order chi connectivity index (χ0) is 20.8. The molecule has 2 aromatic carbocycles. The summed E-state index contributed by atoms with van der Waals surface area (Å²) in [4.78, 5) is 26.2. The predicted octanol–water partition coefficient (Wildman–Crippen LogP) is 2.45. The van der Waals surface area contributed by atoms with Crippen LogP contribution in [0.1, 0.15) is 30.6 Å². The lowest BCUT2D eigenvalue weighted by molar-refractivity contribution is -0.904. The molecule has 1 aliphatic heterocycles. The lowest BCUT2D eigenvalue weighted by Crippen LogP contribution is -3.15. The fourth-order valence-electron chi connectivity index (χ4n) is 4.15. The second-order valence-corrected chi connectivity index (χ2v) is 8.06. The Balaban J connectivity index is 1.55. The number of nitrogens with one attached hydrogen (secondary N) is 3. The first-order chi connectivity index (χ1) is 13.9. The van der Waals surface area contributed by atoms with Crippen LogP contribution in [0.2, 0.25) is 0 Å². The zero-order valence-corrected chi connectivity index (χ0v) is 17.3. The smallest absolute Gasteiger partial charge is 0.279 e. The van der Waals surface area contributed by atoms with Gasteiger partial charge in [-0.1, -0.05) is 26.0 Å². The maximum atomic E-state index is 12.5. The van der Waals surface area contributed by atoms with Crippen molar-refractivity contribution in [2.45, 2.75) is 20.3 Å². The molecule has 0 bridgehead atoms. The second kappa shape index (κ2) is 9.56. The van der Waals surface area contributed by atoms with Crippen molar-refractivity contribution in [3.8, 4) is 5.75 Å². The van der Waals surface area contributed by atoms with E-state index in [1.165, 1.54) is 11.3 Å². The lowest BCUT2D eigenvalue weighted by Gasteiger charge is -2.31. The summed E-state index contributed by atoms with van der Waals surface area (Å²) >= 11 is 0. The van der Waals surface area contributed by atoms with E-state index in [1.54, 1.807) is 43.5 Å². The summed E-state index contributed by atoms with van der Waals surface area (Å²) in [6, 6.07) is 14.2. The van der Waals surface area contributed by atoms with Gasteiger partial charge in [-0.05, 0) is 42.8 Å². The molecule has 0 aromatic heterocycles. The van der Waals surface area contributed by atoms with Gasteiger partial charge in [0, 0.05) is 23.1 Å². The van der Waals surface area contributed by atoms with Crippen molar-refractivity contribution in [2.24, 2.45) is 11.8 Å². The highest BCUT2D eigenvalue weighted by Crippen LogP contribution is 2.23. The van der Waals surface area contributed by atoms with Crippen LogP contribution in [-0.2, 0) is 4.79 Å². The molecule has 0 saturated carbocycles. The molecule has 29 heavy (non-hydrogen) atoms. The molecular formula is C23H30N3O3+. The van der Waals surface area contributed by atoms with Crippen molar-refractivity contribution in [1.29, 1.82) is 0 Å². The Hall–Kier alpha value is -2.86. The molecule has 3 rings (SSSR count). The topological polar surface area (TPSA) is 71.9 Å². The van der Waals surface area contributed by atoms with Crippen LogP contribution >= 0.6 is 0 Å². The van der Waals surface area contributed by atoms with Crippen molar-refractivity contribution in [2.75, 3.05) is 37.4 Å². The third-order valence-electron chi connectivity index (χ3n) is 5.28. The van der Waals surface area contributed by atoms with Crippen molar-refractivity contribution in [3.63, 3.8) is 0 Å². The van der Waals surface area contributed by atoms with E-state index in [2.05, 4.69) is 24.5 Å². The molecule has 0 radical (unpaired) electrons. The molecule has 2 amide bonds. The predicted molar refractivity (Wildman–Crippen MR) is 115 cm³/mol. The molecule has 1 aliphatic rings. The van der Waals surface area contributed by atoms with E-state index in [1.807, 2.05) is 12.1 Å². The summed E-state index contributed by atoms with van der Waals surface area (Å²) in [5.74, 6) is 1.69. The number of amides is 2. The van der Waals surface area contributed by atoms with E-state index < -0.39 is 0 Å². The molecule has 1 fully saturated rings. The Labute approximate surface area is 172 Å². The molecule has 6 heteroatoms. The Morgan fingerprint density at radius 1 is 1.00 bits per heavy atom. The third kappa shape index (κ3) is 5.81. The molecule has 1 heterocycles. The minimum Gasteiger partial charge on any atom is -0.495 e. The van der Waals surface area contributed by atoms with Crippen LogP contribution in [0.5, 0.6) is 5.75 Å². The number of piperidine rings is 1. The summed E-state index contributed by atoms with van der Waals surface area (Å²) in [5, 5.41) is 5.79. The monoisotopic (exact) mass is 396 g/mol. The standard InChI is InChI=1S/C23H29N3O3/c1-16-12-17(2)14-26(13-16)15-22(27)24-19-10-8-18(9-11-19)23(28)25-20-6-4-5-7-21(20)29-3/h4-11,16-17H,12-15H2,1-3H3,(H,24,27)(H,25,28)/p+1/t16-,17+. The fourth-order valence-corrected chi connectivity index (χ4v) is 4.15. The quantitative estimate of drug-likeness (QED) is 0.702. The van der Waals surface area contributed by atoms with Crippen molar-refractivity contribution >= 4 is 23.2 Å².